The van der Waals surface area contributed by atoms with E-state index in [1.54, 1.807) is 6.26 Å². The molecular weight excluding hydrogens is 196 g/mol. The standard InChI is InChI=1S/C10H16N2OS/c1-7(11-2)9-5-13-10(12-9)8-3-4-14-6-8/h5,7-8,11H,3-4,6H2,1-2H3. The van der Waals surface area contributed by atoms with Crippen LogP contribution < -0.4 is 5.32 Å². The second kappa shape index (κ2) is 4.36. The average molecular weight is 212 g/mol. The van der Waals surface area contributed by atoms with E-state index in [9.17, 15) is 0 Å². The maximum atomic E-state index is 5.51. The Kier molecular flexibility index (Phi) is 3.13. The van der Waals surface area contributed by atoms with Crippen LogP contribution in [0, 0.1) is 0 Å². The van der Waals surface area contributed by atoms with Crippen molar-refractivity contribution in [2.24, 2.45) is 0 Å². The third-order valence-electron chi connectivity index (χ3n) is 2.70. The van der Waals surface area contributed by atoms with Crippen LogP contribution >= 0.6 is 11.8 Å². The van der Waals surface area contributed by atoms with Gasteiger partial charge in [0.05, 0.1) is 5.69 Å². The number of nitrogens with one attached hydrogen (secondary N) is 1. The molecule has 1 N–H and O–H groups in total. The van der Waals surface area contributed by atoms with Gasteiger partial charge in [-0.2, -0.15) is 11.8 Å². The molecule has 3 nitrogen and oxygen atoms in total. The van der Waals surface area contributed by atoms with Crippen LogP contribution in [0.15, 0.2) is 10.7 Å². The summed E-state index contributed by atoms with van der Waals surface area (Å²) in [5, 5.41) is 3.16. The van der Waals surface area contributed by atoms with Crippen molar-refractivity contribution < 1.29 is 4.42 Å². The molecule has 2 heterocycles. The van der Waals surface area contributed by atoms with E-state index in [1.807, 2.05) is 18.8 Å². The highest BCUT2D eigenvalue weighted by molar-refractivity contribution is 7.99. The number of thioether (sulfide) groups is 1. The maximum absolute atomic E-state index is 5.51. The molecular formula is C10H16N2OS. The van der Waals surface area contributed by atoms with Crippen molar-refractivity contribution in [3.8, 4) is 0 Å². The summed E-state index contributed by atoms with van der Waals surface area (Å²) in [5.41, 5.74) is 1.01. The molecule has 1 aliphatic heterocycles. The largest absolute Gasteiger partial charge is 0.448 e. The molecule has 0 saturated carbocycles. The molecule has 14 heavy (non-hydrogen) atoms. The summed E-state index contributed by atoms with van der Waals surface area (Å²) < 4.78 is 5.51. The van der Waals surface area contributed by atoms with E-state index in [0.717, 1.165) is 17.3 Å². The minimum Gasteiger partial charge on any atom is -0.448 e. The highest BCUT2D eigenvalue weighted by Gasteiger charge is 2.22. The summed E-state index contributed by atoms with van der Waals surface area (Å²) in [6.45, 7) is 2.09. The van der Waals surface area contributed by atoms with Crippen LogP contribution in [-0.4, -0.2) is 23.5 Å². The maximum Gasteiger partial charge on any atom is 0.198 e. The molecule has 2 unspecified atom stereocenters. The second-order valence-electron chi connectivity index (χ2n) is 3.68. The van der Waals surface area contributed by atoms with E-state index < -0.39 is 0 Å². The summed E-state index contributed by atoms with van der Waals surface area (Å²) in [6, 6.07) is 0.279. The van der Waals surface area contributed by atoms with Gasteiger partial charge in [0.25, 0.3) is 0 Å². The Morgan fingerprint density at radius 1 is 1.71 bits per heavy atom. The van der Waals surface area contributed by atoms with E-state index >= 15 is 0 Å². The van der Waals surface area contributed by atoms with Crippen LogP contribution in [-0.2, 0) is 0 Å². The van der Waals surface area contributed by atoms with E-state index in [1.165, 1.54) is 12.2 Å². The summed E-state index contributed by atoms with van der Waals surface area (Å²) in [4.78, 5) is 4.52. The predicted molar refractivity (Wildman–Crippen MR) is 58.7 cm³/mol. The van der Waals surface area contributed by atoms with Gasteiger partial charge in [-0.25, -0.2) is 4.98 Å². The topological polar surface area (TPSA) is 38.1 Å². The van der Waals surface area contributed by atoms with Gasteiger partial charge in [0.2, 0.25) is 0 Å². The molecule has 1 aromatic rings. The molecule has 2 rings (SSSR count). The van der Waals surface area contributed by atoms with Gasteiger partial charge in [0, 0.05) is 17.7 Å². The monoisotopic (exact) mass is 212 g/mol. The van der Waals surface area contributed by atoms with Gasteiger partial charge >= 0.3 is 0 Å². The van der Waals surface area contributed by atoms with Gasteiger partial charge < -0.3 is 9.73 Å². The third-order valence-corrected chi connectivity index (χ3v) is 3.86. The van der Waals surface area contributed by atoms with Crippen molar-refractivity contribution in [2.75, 3.05) is 18.6 Å². The van der Waals surface area contributed by atoms with E-state index in [2.05, 4.69) is 17.2 Å². The molecule has 1 aromatic heterocycles. The highest BCUT2D eigenvalue weighted by atomic mass is 32.2. The Hall–Kier alpha value is -0.480. The summed E-state index contributed by atoms with van der Waals surface area (Å²) in [6.07, 6.45) is 2.98. The lowest BCUT2D eigenvalue weighted by atomic mass is 10.1. The fraction of sp³-hybridized carbons (Fsp3) is 0.700. The second-order valence-corrected chi connectivity index (χ2v) is 4.83. The lowest BCUT2D eigenvalue weighted by Crippen LogP contribution is -2.12. The van der Waals surface area contributed by atoms with Gasteiger partial charge in [0.1, 0.15) is 6.26 Å². The quantitative estimate of drug-likeness (QED) is 0.833. The number of nitrogens with zero attached hydrogens (tertiary/aromatic N) is 1. The van der Waals surface area contributed by atoms with Crippen LogP contribution in [0.2, 0.25) is 0 Å². The van der Waals surface area contributed by atoms with Crippen molar-refractivity contribution in [3.63, 3.8) is 0 Å². The SMILES string of the molecule is CNC(C)c1coc(C2CCSC2)n1. The lowest BCUT2D eigenvalue weighted by Gasteiger charge is -2.04. The molecule has 78 valence electrons. The van der Waals surface area contributed by atoms with Crippen LogP contribution in [0.4, 0.5) is 0 Å². The lowest BCUT2D eigenvalue weighted by molar-refractivity contribution is 0.461. The van der Waals surface area contributed by atoms with Gasteiger partial charge in [-0.15, -0.1) is 0 Å². The van der Waals surface area contributed by atoms with Gasteiger partial charge in [-0.1, -0.05) is 0 Å². The normalized spacial score (nSPS) is 24.0. The minimum absolute atomic E-state index is 0.279. The van der Waals surface area contributed by atoms with Crippen LogP contribution in [0.3, 0.4) is 0 Å². The zero-order valence-corrected chi connectivity index (χ0v) is 9.43. The minimum atomic E-state index is 0.279. The molecule has 1 saturated heterocycles. The average Bonchev–Trinajstić information content (AvgIpc) is 2.86. The van der Waals surface area contributed by atoms with Crippen LogP contribution in [0.1, 0.15) is 36.9 Å². The molecule has 4 heteroatoms. The van der Waals surface area contributed by atoms with Gasteiger partial charge in [0.15, 0.2) is 5.89 Å². The van der Waals surface area contributed by atoms with E-state index in [-0.39, 0.29) is 6.04 Å². The summed E-state index contributed by atoms with van der Waals surface area (Å²) in [5.74, 6) is 3.86. The van der Waals surface area contributed by atoms with E-state index in [0.29, 0.717) is 5.92 Å². The molecule has 0 aromatic carbocycles. The Morgan fingerprint density at radius 3 is 3.21 bits per heavy atom. The molecule has 0 bridgehead atoms. The van der Waals surface area contributed by atoms with Gasteiger partial charge in [-0.05, 0) is 26.1 Å². The number of rotatable bonds is 3. The van der Waals surface area contributed by atoms with Crippen LogP contribution in [0.25, 0.3) is 0 Å². The predicted octanol–water partition coefficient (Wildman–Crippen LogP) is 2.18. The molecule has 0 radical (unpaired) electrons. The number of hydrogen-bond acceptors (Lipinski definition) is 4. The van der Waals surface area contributed by atoms with Crippen molar-refractivity contribution in [1.29, 1.82) is 0 Å². The summed E-state index contributed by atoms with van der Waals surface area (Å²) in [7, 11) is 1.93. The van der Waals surface area contributed by atoms with Crippen molar-refractivity contribution in [1.82, 2.24) is 10.3 Å². The van der Waals surface area contributed by atoms with Crippen molar-refractivity contribution in [2.45, 2.75) is 25.3 Å². The Labute approximate surface area is 88.7 Å². The number of aromatic nitrogens is 1. The Bertz CT molecular complexity index is 294. The first-order valence-electron chi connectivity index (χ1n) is 5.01. The fourth-order valence-electron chi connectivity index (χ4n) is 1.56. The molecule has 2 atom stereocenters. The smallest absolute Gasteiger partial charge is 0.198 e. The molecule has 0 amide bonds. The zero-order valence-electron chi connectivity index (χ0n) is 8.62. The fourth-order valence-corrected chi connectivity index (χ4v) is 2.78. The first kappa shape index (κ1) is 10.1. The highest BCUT2D eigenvalue weighted by Crippen LogP contribution is 2.32. The third kappa shape index (κ3) is 1.96. The van der Waals surface area contributed by atoms with E-state index in [4.69, 9.17) is 4.42 Å². The Morgan fingerprint density at radius 2 is 2.57 bits per heavy atom. The number of oxazole rings is 1. The van der Waals surface area contributed by atoms with Crippen LogP contribution in [0.5, 0.6) is 0 Å². The molecule has 0 spiro atoms. The summed E-state index contributed by atoms with van der Waals surface area (Å²) >= 11 is 1.98. The van der Waals surface area contributed by atoms with Crippen molar-refractivity contribution >= 4 is 11.8 Å². The number of hydrogen-bond donors (Lipinski definition) is 1. The first-order chi connectivity index (χ1) is 6.81. The zero-order chi connectivity index (χ0) is 9.97. The molecule has 1 fully saturated rings. The Balaban J connectivity index is 2.08. The molecule has 0 aliphatic carbocycles. The molecule has 1 aliphatic rings. The van der Waals surface area contributed by atoms with Crippen molar-refractivity contribution in [3.05, 3.63) is 17.8 Å². The van der Waals surface area contributed by atoms with Gasteiger partial charge in [-0.3, -0.25) is 0 Å². The first-order valence-corrected chi connectivity index (χ1v) is 6.17.